The van der Waals surface area contributed by atoms with Gasteiger partial charge in [0.05, 0.1) is 5.39 Å². The minimum Gasteiger partial charge on any atom is -0.363 e. The third kappa shape index (κ3) is 1.19. The number of rotatable bonds is 1. The summed E-state index contributed by atoms with van der Waals surface area (Å²) in [5.74, 6) is 0.231. The summed E-state index contributed by atoms with van der Waals surface area (Å²) < 4.78 is 9.73. The molecule has 0 aliphatic rings. The molecule has 0 fully saturated rings. The molecular formula is C10H8N2O2. The van der Waals surface area contributed by atoms with Gasteiger partial charge in [-0.25, -0.2) is 0 Å². The highest BCUT2D eigenvalue weighted by Crippen LogP contribution is 2.28. The van der Waals surface area contributed by atoms with Gasteiger partial charge in [-0.15, -0.1) is 5.26 Å². The molecule has 0 spiro atoms. The van der Waals surface area contributed by atoms with Gasteiger partial charge in [0.1, 0.15) is 0 Å². The maximum atomic E-state index is 8.38. The fourth-order valence-corrected chi connectivity index (χ4v) is 1.49. The summed E-state index contributed by atoms with van der Waals surface area (Å²) in [4.78, 5) is 0. The summed E-state index contributed by atoms with van der Waals surface area (Å²) in [5, 5.41) is 12.8. The number of aryl methyl sites for hydroxylation is 2. The van der Waals surface area contributed by atoms with E-state index in [1.165, 1.54) is 0 Å². The van der Waals surface area contributed by atoms with E-state index in [-0.39, 0.29) is 5.88 Å². The van der Waals surface area contributed by atoms with Gasteiger partial charge in [-0.2, -0.15) is 0 Å². The van der Waals surface area contributed by atoms with E-state index >= 15 is 0 Å². The second-order valence-corrected chi connectivity index (χ2v) is 3.14. The van der Waals surface area contributed by atoms with Crippen LogP contribution in [0.15, 0.2) is 16.7 Å². The van der Waals surface area contributed by atoms with E-state index in [2.05, 4.69) is 9.89 Å². The van der Waals surface area contributed by atoms with Crippen LogP contribution in [-0.4, -0.2) is 5.16 Å². The van der Waals surface area contributed by atoms with Crippen molar-refractivity contribution < 1.29 is 9.26 Å². The van der Waals surface area contributed by atoms with Gasteiger partial charge in [-0.1, -0.05) is 6.07 Å². The van der Waals surface area contributed by atoms with Crippen molar-refractivity contribution in [2.45, 2.75) is 13.8 Å². The van der Waals surface area contributed by atoms with E-state index in [1.54, 1.807) is 6.26 Å². The van der Waals surface area contributed by atoms with E-state index in [1.807, 2.05) is 26.0 Å². The fourth-order valence-electron chi connectivity index (χ4n) is 1.49. The summed E-state index contributed by atoms with van der Waals surface area (Å²) in [6.07, 6.45) is 1.58. The van der Waals surface area contributed by atoms with Gasteiger partial charge < -0.3 is 9.26 Å². The zero-order valence-corrected chi connectivity index (χ0v) is 7.87. The number of ether oxygens (including phenoxy) is 1. The van der Waals surface area contributed by atoms with Crippen molar-refractivity contribution in [3.63, 3.8) is 0 Å². The number of benzene rings is 1. The summed E-state index contributed by atoms with van der Waals surface area (Å²) in [7, 11) is 0. The van der Waals surface area contributed by atoms with Gasteiger partial charge in [0.2, 0.25) is 0 Å². The van der Waals surface area contributed by atoms with Gasteiger partial charge in [0, 0.05) is 0 Å². The molecule has 0 unspecified atom stereocenters. The molecule has 2 aromatic rings. The predicted octanol–water partition coefficient (Wildman–Crippen LogP) is 2.30. The molecule has 0 amide bonds. The first-order valence-corrected chi connectivity index (χ1v) is 4.15. The first kappa shape index (κ1) is 8.57. The van der Waals surface area contributed by atoms with Crippen LogP contribution in [-0.2, 0) is 0 Å². The molecule has 1 aromatic heterocycles. The molecule has 4 nitrogen and oxygen atoms in total. The van der Waals surface area contributed by atoms with Crippen LogP contribution < -0.4 is 4.74 Å². The predicted molar refractivity (Wildman–Crippen MR) is 49.7 cm³/mol. The highest BCUT2D eigenvalue weighted by Gasteiger charge is 2.11. The zero-order valence-electron chi connectivity index (χ0n) is 7.87. The van der Waals surface area contributed by atoms with Crippen LogP contribution in [0.3, 0.4) is 0 Å². The number of aromatic nitrogens is 1. The average molecular weight is 188 g/mol. The lowest BCUT2D eigenvalue weighted by Gasteiger charge is -1.96. The Morgan fingerprint density at radius 1 is 1.43 bits per heavy atom. The van der Waals surface area contributed by atoms with Crippen LogP contribution in [0.2, 0.25) is 0 Å². The molecule has 0 aliphatic heterocycles. The molecular weight excluding hydrogens is 180 g/mol. The Morgan fingerprint density at radius 2 is 2.21 bits per heavy atom. The van der Waals surface area contributed by atoms with Crippen molar-refractivity contribution in [1.29, 1.82) is 5.26 Å². The molecule has 2 rings (SSSR count). The largest absolute Gasteiger partial charge is 0.363 e. The molecule has 0 bridgehead atoms. The molecule has 0 atom stereocenters. The van der Waals surface area contributed by atoms with Gasteiger partial charge in [-0.3, -0.25) is 0 Å². The Labute approximate surface area is 80.7 Å². The second kappa shape index (κ2) is 3.04. The topological polar surface area (TPSA) is 59.1 Å². The van der Waals surface area contributed by atoms with E-state index in [0.717, 1.165) is 16.5 Å². The van der Waals surface area contributed by atoms with Gasteiger partial charge >= 0.3 is 0 Å². The van der Waals surface area contributed by atoms with Crippen molar-refractivity contribution in [2.24, 2.45) is 0 Å². The van der Waals surface area contributed by atoms with E-state index in [4.69, 9.17) is 9.78 Å². The first-order valence-electron chi connectivity index (χ1n) is 4.15. The van der Waals surface area contributed by atoms with Crippen LogP contribution in [0, 0.1) is 25.4 Å². The molecule has 0 N–H and O–H groups in total. The summed E-state index contributed by atoms with van der Waals surface area (Å²) in [6.45, 7) is 3.90. The van der Waals surface area contributed by atoms with Crippen molar-refractivity contribution in [3.05, 3.63) is 23.3 Å². The Bertz CT molecular complexity index is 523. The Morgan fingerprint density at radius 3 is 2.93 bits per heavy atom. The van der Waals surface area contributed by atoms with E-state index in [9.17, 15) is 0 Å². The van der Waals surface area contributed by atoms with Crippen molar-refractivity contribution in [2.75, 3.05) is 0 Å². The fraction of sp³-hybridized carbons (Fsp3) is 0.200. The molecule has 0 saturated heterocycles. The molecule has 1 heterocycles. The first-order chi connectivity index (χ1) is 6.72. The highest BCUT2D eigenvalue weighted by molar-refractivity contribution is 5.85. The molecule has 4 heteroatoms. The van der Waals surface area contributed by atoms with Crippen molar-refractivity contribution in [3.8, 4) is 12.1 Å². The zero-order chi connectivity index (χ0) is 10.1. The minimum absolute atomic E-state index is 0.231. The van der Waals surface area contributed by atoms with Gasteiger partial charge in [0.15, 0.2) is 5.58 Å². The minimum atomic E-state index is 0.231. The third-order valence-corrected chi connectivity index (χ3v) is 2.01. The maximum absolute atomic E-state index is 8.38. The summed E-state index contributed by atoms with van der Waals surface area (Å²) >= 11 is 0. The van der Waals surface area contributed by atoms with Crippen LogP contribution in [0.1, 0.15) is 11.1 Å². The lowest BCUT2D eigenvalue weighted by molar-refractivity contribution is 0.393. The van der Waals surface area contributed by atoms with Crippen LogP contribution in [0.25, 0.3) is 11.0 Å². The Kier molecular flexibility index (Phi) is 1.86. The normalized spacial score (nSPS) is 10.1. The van der Waals surface area contributed by atoms with Crippen LogP contribution in [0.5, 0.6) is 5.88 Å². The van der Waals surface area contributed by atoms with Gasteiger partial charge in [0.25, 0.3) is 12.1 Å². The number of nitriles is 1. The molecule has 0 radical (unpaired) electrons. The summed E-state index contributed by atoms with van der Waals surface area (Å²) in [6, 6.07) is 3.87. The third-order valence-electron chi connectivity index (χ3n) is 2.01. The van der Waals surface area contributed by atoms with E-state index in [0.29, 0.717) is 5.58 Å². The quantitative estimate of drug-likeness (QED) is 0.644. The SMILES string of the molecule is Cc1cc(C)c2onc(OC#N)c2c1. The number of nitrogens with zero attached hydrogens (tertiary/aromatic N) is 2. The molecule has 70 valence electrons. The smallest absolute Gasteiger partial charge is 0.294 e. The van der Waals surface area contributed by atoms with E-state index < -0.39 is 0 Å². The number of hydrogen-bond acceptors (Lipinski definition) is 4. The molecule has 0 aliphatic carbocycles. The monoisotopic (exact) mass is 188 g/mol. The van der Waals surface area contributed by atoms with Crippen LogP contribution >= 0.6 is 0 Å². The lowest BCUT2D eigenvalue weighted by Crippen LogP contribution is -1.82. The average Bonchev–Trinajstić information content (AvgIpc) is 2.49. The molecule has 0 saturated carbocycles. The van der Waals surface area contributed by atoms with Crippen LogP contribution in [0.4, 0.5) is 0 Å². The number of fused-ring (bicyclic) bond motifs is 1. The summed E-state index contributed by atoms with van der Waals surface area (Å²) in [5.41, 5.74) is 2.74. The molecule has 1 aromatic carbocycles. The standard InChI is InChI=1S/C10H8N2O2/c1-6-3-7(2)9-8(4-6)10(12-14-9)13-5-11/h3-4H,1-2H3. The van der Waals surface area contributed by atoms with Gasteiger partial charge in [-0.05, 0) is 36.2 Å². The number of hydrogen-bond donors (Lipinski definition) is 0. The maximum Gasteiger partial charge on any atom is 0.294 e. The Balaban J connectivity index is 2.73. The highest BCUT2D eigenvalue weighted by atomic mass is 16.5. The second-order valence-electron chi connectivity index (χ2n) is 3.14. The lowest BCUT2D eigenvalue weighted by atomic mass is 10.1. The Hall–Kier alpha value is -2.02. The van der Waals surface area contributed by atoms with Crippen molar-refractivity contribution >= 4 is 11.0 Å². The molecule has 14 heavy (non-hydrogen) atoms. The van der Waals surface area contributed by atoms with Crippen molar-refractivity contribution in [1.82, 2.24) is 5.16 Å².